The van der Waals surface area contributed by atoms with Crippen LogP contribution in [0.3, 0.4) is 0 Å². The summed E-state index contributed by atoms with van der Waals surface area (Å²) in [6, 6.07) is 0.354. The zero-order valence-electron chi connectivity index (χ0n) is 10.9. The Kier molecular flexibility index (Phi) is 3.83. The summed E-state index contributed by atoms with van der Waals surface area (Å²) in [4.78, 5) is 14.2. The standard InChI is InChI=1S/C13H22BrNO2/c1-4-17-11-8-10(13(11,2)3)15-7-5-6-9(14)12(15)16/h9-11H,4-8H2,1-3H3. The van der Waals surface area contributed by atoms with Crippen LogP contribution in [-0.2, 0) is 9.53 Å². The monoisotopic (exact) mass is 303 g/mol. The van der Waals surface area contributed by atoms with Gasteiger partial charge in [-0.3, -0.25) is 4.79 Å². The Morgan fingerprint density at radius 3 is 2.82 bits per heavy atom. The molecule has 2 fully saturated rings. The Balaban J connectivity index is 2.02. The van der Waals surface area contributed by atoms with Crippen molar-refractivity contribution < 1.29 is 9.53 Å². The normalized spacial score (nSPS) is 36.8. The number of halogens is 1. The van der Waals surface area contributed by atoms with E-state index in [0.717, 1.165) is 32.4 Å². The van der Waals surface area contributed by atoms with E-state index in [-0.39, 0.29) is 16.1 Å². The number of ether oxygens (including phenoxy) is 1. The molecule has 3 atom stereocenters. The lowest BCUT2D eigenvalue weighted by molar-refractivity contribution is -0.169. The minimum atomic E-state index is 0.0261. The van der Waals surface area contributed by atoms with Crippen molar-refractivity contribution in [1.29, 1.82) is 0 Å². The van der Waals surface area contributed by atoms with Gasteiger partial charge in [0.1, 0.15) is 0 Å². The molecule has 0 aromatic rings. The van der Waals surface area contributed by atoms with Crippen LogP contribution in [0.5, 0.6) is 0 Å². The molecule has 2 aliphatic rings. The van der Waals surface area contributed by atoms with Gasteiger partial charge >= 0.3 is 0 Å². The maximum Gasteiger partial charge on any atom is 0.236 e. The zero-order valence-corrected chi connectivity index (χ0v) is 12.5. The van der Waals surface area contributed by atoms with Gasteiger partial charge < -0.3 is 9.64 Å². The molecule has 0 aromatic heterocycles. The smallest absolute Gasteiger partial charge is 0.236 e. The second-order valence-electron chi connectivity index (χ2n) is 5.66. The number of nitrogens with zero attached hydrogens (tertiary/aromatic N) is 1. The van der Waals surface area contributed by atoms with Crippen LogP contribution in [0.4, 0.5) is 0 Å². The summed E-state index contributed by atoms with van der Waals surface area (Å²) in [5.74, 6) is 0.268. The highest BCUT2D eigenvalue weighted by atomic mass is 79.9. The number of carbonyl (C=O) groups excluding carboxylic acids is 1. The number of amides is 1. The van der Waals surface area contributed by atoms with Gasteiger partial charge in [-0.2, -0.15) is 0 Å². The number of hydrogen-bond donors (Lipinski definition) is 0. The Bertz CT molecular complexity index is 306. The summed E-state index contributed by atoms with van der Waals surface area (Å²) in [6.07, 6.45) is 3.37. The number of likely N-dealkylation sites (tertiary alicyclic amines) is 1. The van der Waals surface area contributed by atoms with Gasteiger partial charge in [0.15, 0.2) is 0 Å². The van der Waals surface area contributed by atoms with Crippen molar-refractivity contribution in [1.82, 2.24) is 4.90 Å². The van der Waals surface area contributed by atoms with E-state index in [0.29, 0.717) is 12.1 Å². The van der Waals surface area contributed by atoms with E-state index >= 15 is 0 Å². The number of hydrogen-bond acceptors (Lipinski definition) is 2. The molecule has 1 heterocycles. The molecular formula is C13H22BrNO2. The molecule has 1 saturated carbocycles. The van der Waals surface area contributed by atoms with Crippen molar-refractivity contribution >= 4 is 21.8 Å². The number of piperidine rings is 1. The number of carbonyl (C=O) groups is 1. The molecule has 0 radical (unpaired) electrons. The molecule has 1 saturated heterocycles. The van der Waals surface area contributed by atoms with Gasteiger partial charge in [0.25, 0.3) is 0 Å². The van der Waals surface area contributed by atoms with Gasteiger partial charge in [-0.1, -0.05) is 29.8 Å². The molecule has 0 spiro atoms. The fourth-order valence-electron chi connectivity index (χ4n) is 3.04. The highest BCUT2D eigenvalue weighted by Gasteiger charge is 2.53. The summed E-state index contributed by atoms with van der Waals surface area (Å²) in [6.45, 7) is 8.13. The van der Waals surface area contributed by atoms with Gasteiger partial charge in [0.05, 0.1) is 10.9 Å². The lowest BCUT2D eigenvalue weighted by atomic mass is 9.63. The van der Waals surface area contributed by atoms with Crippen molar-refractivity contribution in [2.75, 3.05) is 13.2 Å². The molecule has 0 aromatic carbocycles. The van der Waals surface area contributed by atoms with Crippen LogP contribution in [-0.4, -0.2) is 40.9 Å². The van der Waals surface area contributed by atoms with Crippen LogP contribution >= 0.6 is 15.9 Å². The molecule has 1 amide bonds. The zero-order chi connectivity index (χ0) is 12.6. The molecule has 17 heavy (non-hydrogen) atoms. The van der Waals surface area contributed by atoms with Crippen molar-refractivity contribution in [3.8, 4) is 0 Å². The molecule has 3 nitrogen and oxygen atoms in total. The Morgan fingerprint density at radius 2 is 2.24 bits per heavy atom. The Hall–Kier alpha value is -0.0900. The number of alkyl halides is 1. The molecular weight excluding hydrogens is 282 g/mol. The van der Waals surface area contributed by atoms with Gasteiger partial charge in [-0.05, 0) is 26.2 Å². The summed E-state index contributed by atoms with van der Waals surface area (Å²) in [5, 5.41) is 0. The topological polar surface area (TPSA) is 29.5 Å². The fourth-order valence-corrected chi connectivity index (χ4v) is 3.63. The van der Waals surface area contributed by atoms with Crippen LogP contribution in [0.15, 0.2) is 0 Å². The highest BCUT2D eigenvalue weighted by Crippen LogP contribution is 2.46. The summed E-state index contributed by atoms with van der Waals surface area (Å²) < 4.78 is 5.73. The van der Waals surface area contributed by atoms with Crippen molar-refractivity contribution in [3.63, 3.8) is 0 Å². The van der Waals surface area contributed by atoms with Gasteiger partial charge in [0.2, 0.25) is 5.91 Å². The van der Waals surface area contributed by atoms with E-state index in [9.17, 15) is 4.79 Å². The Morgan fingerprint density at radius 1 is 1.53 bits per heavy atom. The molecule has 1 aliphatic heterocycles. The van der Waals surface area contributed by atoms with Gasteiger partial charge in [-0.25, -0.2) is 0 Å². The van der Waals surface area contributed by atoms with Crippen LogP contribution in [0, 0.1) is 5.41 Å². The van der Waals surface area contributed by atoms with E-state index in [1.54, 1.807) is 0 Å². The average molecular weight is 304 g/mol. The largest absolute Gasteiger partial charge is 0.378 e. The lowest BCUT2D eigenvalue weighted by Gasteiger charge is -2.56. The van der Waals surface area contributed by atoms with Crippen molar-refractivity contribution in [2.24, 2.45) is 5.41 Å². The van der Waals surface area contributed by atoms with E-state index < -0.39 is 0 Å². The molecule has 0 N–H and O–H groups in total. The second kappa shape index (κ2) is 4.88. The van der Waals surface area contributed by atoms with E-state index in [1.165, 1.54) is 0 Å². The molecule has 3 unspecified atom stereocenters. The maximum absolute atomic E-state index is 12.2. The predicted octanol–water partition coefficient (Wildman–Crippen LogP) is 2.58. The minimum absolute atomic E-state index is 0.0261. The number of rotatable bonds is 3. The highest BCUT2D eigenvalue weighted by molar-refractivity contribution is 9.10. The van der Waals surface area contributed by atoms with Crippen LogP contribution in [0.25, 0.3) is 0 Å². The molecule has 1 aliphatic carbocycles. The first-order valence-electron chi connectivity index (χ1n) is 6.54. The van der Waals surface area contributed by atoms with Crippen molar-refractivity contribution in [2.45, 2.75) is 57.0 Å². The van der Waals surface area contributed by atoms with Gasteiger partial charge in [0, 0.05) is 24.6 Å². The van der Waals surface area contributed by atoms with Crippen LogP contribution in [0.1, 0.15) is 40.0 Å². The maximum atomic E-state index is 12.2. The first-order chi connectivity index (χ1) is 7.98. The van der Waals surface area contributed by atoms with E-state index in [2.05, 4.69) is 34.7 Å². The van der Waals surface area contributed by atoms with Crippen LogP contribution < -0.4 is 0 Å². The van der Waals surface area contributed by atoms with Gasteiger partial charge in [-0.15, -0.1) is 0 Å². The third-order valence-electron chi connectivity index (χ3n) is 4.28. The van der Waals surface area contributed by atoms with E-state index in [1.807, 2.05) is 6.92 Å². The molecule has 98 valence electrons. The predicted molar refractivity (Wildman–Crippen MR) is 71.3 cm³/mol. The second-order valence-corrected chi connectivity index (χ2v) is 6.76. The molecule has 0 bridgehead atoms. The third kappa shape index (κ3) is 2.26. The van der Waals surface area contributed by atoms with Crippen LogP contribution in [0.2, 0.25) is 0 Å². The SMILES string of the molecule is CCOC1CC(N2CCCC(Br)C2=O)C1(C)C. The first kappa shape index (κ1) is 13.3. The summed E-state index contributed by atoms with van der Waals surface area (Å²) >= 11 is 3.48. The van der Waals surface area contributed by atoms with Crippen molar-refractivity contribution in [3.05, 3.63) is 0 Å². The quantitative estimate of drug-likeness (QED) is 0.750. The molecule has 2 rings (SSSR count). The first-order valence-corrected chi connectivity index (χ1v) is 7.46. The Labute approximate surface area is 112 Å². The average Bonchev–Trinajstić information content (AvgIpc) is 2.29. The summed E-state index contributed by atoms with van der Waals surface area (Å²) in [5.41, 5.74) is 0.0930. The lowest BCUT2D eigenvalue weighted by Crippen LogP contribution is -2.65. The summed E-state index contributed by atoms with van der Waals surface area (Å²) in [7, 11) is 0. The fraction of sp³-hybridized carbons (Fsp3) is 0.923. The molecule has 4 heteroatoms. The minimum Gasteiger partial charge on any atom is -0.378 e. The third-order valence-corrected chi connectivity index (χ3v) is 5.13. The van der Waals surface area contributed by atoms with E-state index in [4.69, 9.17) is 4.74 Å².